The number of anilines is 1. The molecule has 19 heavy (non-hydrogen) atoms. The van der Waals surface area contributed by atoms with Crippen molar-refractivity contribution in [3.05, 3.63) is 23.6 Å². The third-order valence-electron chi connectivity index (χ3n) is 2.27. The molecule has 1 heterocycles. The fourth-order valence-electron chi connectivity index (χ4n) is 1.17. The maximum absolute atomic E-state index is 13.6. The van der Waals surface area contributed by atoms with Crippen LogP contribution < -0.4 is 5.32 Å². The van der Waals surface area contributed by atoms with E-state index in [2.05, 4.69) is 15.0 Å². The van der Waals surface area contributed by atoms with E-state index < -0.39 is 17.3 Å². The third-order valence-corrected chi connectivity index (χ3v) is 2.27. The zero-order chi connectivity index (χ0) is 14.6. The quantitative estimate of drug-likeness (QED) is 0.675. The molecule has 1 rings (SSSR count). The fourth-order valence-corrected chi connectivity index (χ4v) is 1.17. The van der Waals surface area contributed by atoms with Crippen molar-refractivity contribution in [2.45, 2.75) is 27.7 Å². The van der Waals surface area contributed by atoms with E-state index in [0.717, 1.165) is 0 Å². The molecule has 0 spiro atoms. The first-order valence-corrected chi connectivity index (χ1v) is 5.91. The summed E-state index contributed by atoms with van der Waals surface area (Å²) in [5.74, 6) is -1.97. The minimum absolute atomic E-state index is 0.0606. The number of hydrogen-bond donors (Lipinski definition) is 1. The van der Waals surface area contributed by atoms with Crippen LogP contribution in [0.4, 0.5) is 10.2 Å². The lowest BCUT2D eigenvalue weighted by Gasteiger charge is -2.17. The molecule has 0 bridgehead atoms. The molecule has 0 unspecified atom stereocenters. The lowest BCUT2D eigenvalue weighted by Crippen LogP contribution is -2.28. The van der Waals surface area contributed by atoms with E-state index in [0.29, 0.717) is 0 Å². The van der Waals surface area contributed by atoms with Crippen molar-refractivity contribution >= 4 is 17.7 Å². The van der Waals surface area contributed by atoms with Gasteiger partial charge in [-0.2, -0.15) is 4.39 Å². The lowest BCUT2D eigenvalue weighted by molar-refractivity contribution is -0.123. The van der Waals surface area contributed by atoms with Gasteiger partial charge >= 0.3 is 5.97 Å². The first kappa shape index (κ1) is 15.1. The number of pyridine rings is 1. The average Bonchev–Trinajstić information content (AvgIpc) is 2.27. The molecule has 104 valence electrons. The van der Waals surface area contributed by atoms with Crippen molar-refractivity contribution in [1.29, 1.82) is 0 Å². The highest BCUT2D eigenvalue weighted by atomic mass is 19.1. The van der Waals surface area contributed by atoms with Gasteiger partial charge in [0.25, 0.3) is 0 Å². The highest BCUT2D eigenvalue weighted by Crippen LogP contribution is 2.17. The largest absolute Gasteiger partial charge is 0.462 e. The van der Waals surface area contributed by atoms with Crippen molar-refractivity contribution in [1.82, 2.24) is 4.98 Å². The summed E-state index contributed by atoms with van der Waals surface area (Å²) in [6.45, 7) is 6.96. The van der Waals surface area contributed by atoms with Crippen LogP contribution in [-0.4, -0.2) is 23.5 Å². The van der Waals surface area contributed by atoms with Crippen LogP contribution in [0.15, 0.2) is 12.1 Å². The molecule has 0 fully saturated rings. The van der Waals surface area contributed by atoms with E-state index in [1.54, 1.807) is 27.7 Å². The predicted octanol–water partition coefficient (Wildman–Crippen LogP) is 2.38. The summed E-state index contributed by atoms with van der Waals surface area (Å²) in [6, 6.07) is 2.59. The Morgan fingerprint density at radius 3 is 2.47 bits per heavy atom. The Morgan fingerprint density at radius 1 is 1.37 bits per heavy atom. The SMILES string of the molecule is CCOC(=O)c1ccc(NC(=O)C(C)(C)C)nc1F. The van der Waals surface area contributed by atoms with Gasteiger partial charge in [-0.05, 0) is 19.1 Å². The summed E-state index contributed by atoms with van der Waals surface area (Å²) in [7, 11) is 0. The monoisotopic (exact) mass is 268 g/mol. The molecular formula is C13H17FN2O3. The van der Waals surface area contributed by atoms with Gasteiger partial charge in [0.2, 0.25) is 11.9 Å². The van der Waals surface area contributed by atoms with E-state index >= 15 is 0 Å². The van der Waals surface area contributed by atoms with E-state index in [4.69, 9.17) is 0 Å². The highest BCUT2D eigenvalue weighted by Gasteiger charge is 2.22. The number of carbonyl (C=O) groups excluding carboxylic acids is 2. The second-order valence-electron chi connectivity index (χ2n) is 4.96. The van der Waals surface area contributed by atoms with Crippen molar-refractivity contribution < 1.29 is 18.7 Å². The smallest absolute Gasteiger partial charge is 0.342 e. The van der Waals surface area contributed by atoms with Crippen LogP contribution >= 0.6 is 0 Å². The van der Waals surface area contributed by atoms with Gasteiger partial charge in [-0.3, -0.25) is 4.79 Å². The molecule has 0 aliphatic heterocycles. The maximum Gasteiger partial charge on any atom is 0.342 e. The van der Waals surface area contributed by atoms with Crippen molar-refractivity contribution in [2.75, 3.05) is 11.9 Å². The number of carbonyl (C=O) groups is 2. The van der Waals surface area contributed by atoms with Gasteiger partial charge in [-0.25, -0.2) is 9.78 Å². The molecule has 0 aliphatic rings. The van der Waals surface area contributed by atoms with Crippen LogP contribution in [0.3, 0.4) is 0 Å². The molecule has 0 radical (unpaired) electrons. The lowest BCUT2D eigenvalue weighted by atomic mass is 9.96. The second kappa shape index (κ2) is 5.77. The first-order chi connectivity index (χ1) is 8.75. The molecule has 1 aromatic rings. The zero-order valence-corrected chi connectivity index (χ0v) is 11.4. The Balaban J connectivity index is 2.89. The summed E-state index contributed by atoms with van der Waals surface area (Å²) in [5.41, 5.74) is -0.867. The first-order valence-electron chi connectivity index (χ1n) is 5.91. The third kappa shape index (κ3) is 4.01. The summed E-state index contributed by atoms with van der Waals surface area (Å²) in [4.78, 5) is 26.6. The molecular weight excluding hydrogens is 251 g/mol. The van der Waals surface area contributed by atoms with Crippen molar-refractivity contribution in [2.24, 2.45) is 5.41 Å². The molecule has 0 saturated carbocycles. The van der Waals surface area contributed by atoms with E-state index in [9.17, 15) is 14.0 Å². The minimum atomic E-state index is -0.967. The van der Waals surface area contributed by atoms with Gasteiger partial charge in [0.15, 0.2) is 0 Å². The van der Waals surface area contributed by atoms with Crippen LogP contribution in [0, 0.1) is 11.4 Å². The Bertz CT molecular complexity index is 495. The zero-order valence-electron chi connectivity index (χ0n) is 11.4. The number of esters is 1. The molecule has 1 N–H and O–H groups in total. The van der Waals surface area contributed by atoms with Crippen LogP contribution in [0.5, 0.6) is 0 Å². The standard InChI is InChI=1S/C13H17FN2O3/c1-5-19-11(17)8-6-7-9(15-10(8)14)16-12(18)13(2,3)4/h6-7H,5H2,1-4H3,(H,15,16,18). The number of nitrogens with one attached hydrogen (secondary N) is 1. The molecule has 1 aromatic heterocycles. The molecule has 1 amide bonds. The van der Waals surface area contributed by atoms with Crippen LogP contribution in [0.2, 0.25) is 0 Å². The Morgan fingerprint density at radius 2 is 2.00 bits per heavy atom. The van der Waals surface area contributed by atoms with E-state index in [-0.39, 0.29) is 23.9 Å². The van der Waals surface area contributed by atoms with Crippen LogP contribution in [0.1, 0.15) is 38.1 Å². The normalized spacial score (nSPS) is 11.0. The fraction of sp³-hybridized carbons (Fsp3) is 0.462. The molecule has 6 heteroatoms. The molecule has 0 aliphatic carbocycles. The van der Waals surface area contributed by atoms with Crippen LogP contribution in [0.25, 0.3) is 0 Å². The van der Waals surface area contributed by atoms with Gasteiger partial charge < -0.3 is 10.1 Å². The van der Waals surface area contributed by atoms with E-state index in [1.807, 2.05) is 0 Å². The molecule has 5 nitrogen and oxygen atoms in total. The molecule has 0 saturated heterocycles. The topological polar surface area (TPSA) is 68.3 Å². The Hall–Kier alpha value is -1.98. The number of hydrogen-bond acceptors (Lipinski definition) is 4. The Labute approximate surface area is 111 Å². The number of halogens is 1. The summed E-state index contributed by atoms with van der Waals surface area (Å²) < 4.78 is 18.3. The maximum atomic E-state index is 13.6. The average molecular weight is 268 g/mol. The Kier molecular flexibility index (Phi) is 4.58. The minimum Gasteiger partial charge on any atom is -0.462 e. The number of ether oxygens (including phenoxy) is 1. The summed E-state index contributed by atoms with van der Waals surface area (Å²) in [5, 5.41) is 2.48. The van der Waals surface area contributed by atoms with Gasteiger partial charge in [0.1, 0.15) is 11.4 Å². The predicted molar refractivity (Wildman–Crippen MR) is 68.2 cm³/mol. The highest BCUT2D eigenvalue weighted by molar-refractivity contribution is 5.94. The number of amides is 1. The van der Waals surface area contributed by atoms with Gasteiger partial charge in [-0.15, -0.1) is 0 Å². The molecule has 0 aromatic carbocycles. The summed E-state index contributed by atoms with van der Waals surface area (Å²) in [6.07, 6.45) is 0. The van der Waals surface area contributed by atoms with Gasteiger partial charge in [0.05, 0.1) is 6.61 Å². The van der Waals surface area contributed by atoms with Crippen molar-refractivity contribution in [3.8, 4) is 0 Å². The summed E-state index contributed by atoms with van der Waals surface area (Å²) >= 11 is 0. The molecule has 0 atom stereocenters. The number of nitrogens with zero attached hydrogens (tertiary/aromatic N) is 1. The second-order valence-corrected chi connectivity index (χ2v) is 4.96. The van der Waals surface area contributed by atoms with Gasteiger partial charge in [-0.1, -0.05) is 20.8 Å². The van der Waals surface area contributed by atoms with Crippen molar-refractivity contribution in [3.63, 3.8) is 0 Å². The van der Waals surface area contributed by atoms with Gasteiger partial charge in [0, 0.05) is 5.41 Å². The number of rotatable bonds is 3. The van der Waals surface area contributed by atoms with E-state index in [1.165, 1.54) is 12.1 Å². The number of aromatic nitrogens is 1. The van der Waals surface area contributed by atoms with Crippen LogP contribution in [-0.2, 0) is 9.53 Å².